The first-order valence-electron chi connectivity index (χ1n) is 11.3. The predicted molar refractivity (Wildman–Crippen MR) is 137 cm³/mol. The van der Waals surface area contributed by atoms with Gasteiger partial charge in [0.25, 0.3) is 0 Å². The summed E-state index contributed by atoms with van der Waals surface area (Å²) in [6.07, 6.45) is 4.80. The summed E-state index contributed by atoms with van der Waals surface area (Å²) in [6.45, 7) is 0. The van der Waals surface area contributed by atoms with Gasteiger partial charge in [-0.2, -0.15) is 5.10 Å². The molecule has 0 aromatic heterocycles. The Bertz CT molecular complexity index is 1260. The third-order valence-electron chi connectivity index (χ3n) is 5.75. The molecule has 0 saturated heterocycles. The van der Waals surface area contributed by atoms with E-state index in [1.807, 2.05) is 48.5 Å². The van der Waals surface area contributed by atoms with Crippen LogP contribution in [0.5, 0.6) is 0 Å². The number of amides is 1. The topological polar surface area (TPSA) is 74.5 Å². The molecule has 1 unspecified atom stereocenters. The van der Waals surface area contributed by atoms with E-state index in [1.165, 1.54) is 17.1 Å². The van der Waals surface area contributed by atoms with Crippen LogP contribution in [0.2, 0.25) is 0 Å². The fraction of sp³-hybridized carbons (Fsp3) is 0.179. The van der Waals surface area contributed by atoms with Gasteiger partial charge in [0.2, 0.25) is 5.91 Å². The van der Waals surface area contributed by atoms with E-state index in [0.717, 1.165) is 39.9 Å². The maximum atomic E-state index is 13.2. The monoisotopic (exact) mass is 468 g/mol. The van der Waals surface area contributed by atoms with E-state index in [1.54, 1.807) is 31.6 Å². The minimum absolute atomic E-state index is 0.110. The summed E-state index contributed by atoms with van der Waals surface area (Å²) >= 11 is 0. The van der Waals surface area contributed by atoms with Crippen molar-refractivity contribution in [3.8, 4) is 11.1 Å². The van der Waals surface area contributed by atoms with Crippen molar-refractivity contribution in [2.24, 2.45) is 15.1 Å². The number of carbonyl (C=O) groups is 2. The molecule has 35 heavy (non-hydrogen) atoms. The molecule has 176 valence electrons. The normalized spacial score (nSPS) is 15.7. The van der Waals surface area contributed by atoms with Crippen LogP contribution in [0.25, 0.3) is 11.1 Å². The van der Waals surface area contributed by atoms with Crippen molar-refractivity contribution < 1.29 is 14.0 Å². The molecule has 0 radical (unpaired) electrons. The average Bonchev–Trinajstić information content (AvgIpc) is 3.34. The van der Waals surface area contributed by atoms with E-state index in [0.29, 0.717) is 6.42 Å². The number of hydrazone groups is 1. The van der Waals surface area contributed by atoms with Crippen LogP contribution in [-0.2, 0) is 9.59 Å². The highest BCUT2D eigenvalue weighted by atomic mass is 19.1. The van der Waals surface area contributed by atoms with Crippen LogP contribution in [-0.4, -0.2) is 42.4 Å². The molecule has 0 bridgehead atoms. The van der Waals surface area contributed by atoms with E-state index in [2.05, 4.69) is 15.1 Å². The number of benzene rings is 3. The second kappa shape index (κ2) is 11.2. The van der Waals surface area contributed by atoms with Gasteiger partial charge in [-0.3, -0.25) is 14.8 Å². The molecule has 3 aromatic rings. The Morgan fingerprint density at radius 2 is 1.60 bits per heavy atom. The van der Waals surface area contributed by atoms with Crippen molar-refractivity contribution in [2.75, 3.05) is 7.05 Å². The molecule has 0 saturated carbocycles. The molecule has 1 aliphatic rings. The first-order chi connectivity index (χ1) is 17.1. The lowest BCUT2D eigenvalue weighted by atomic mass is 9.96. The second-order valence-corrected chi connectivity index (χ2v) is 8.07. The maximum absolute atomic E-state index is 13.2. The highest BCUT2D eigenvalue weighted by Gasteiger charge is 2.32. The SMILES string of the molecule is CN=CC=Nc1ccc(C2CC(c3ccc(-c4ccc(F)cc4)cc3)=NN2C(=O)CCC=O)cc1. The molecule has 1 aliphatic heterocycles. The molecular formula is C28H25FN4O2. The Morgan fingerprint density at radius 3 is 2.23 bits per heavy atom. The Kier molecular flexibility index (Phi) is 7.67. The van der Waals surface area contributed by atoms with Crippen molar-refractivity contribution in [3.05, 3.63) is 89.7 Å². The maximum Gasteiger partial charge on any atom is 0.243 e. The van der Waals surface area contributed by atoms with E-state index >= 15 is 0 Å². The first kappa shape index (κ1) is 23.9. The van der Waals surface area contributed by atoms with Gasteiger partial charge in [-0.25, -0.2) is 9.40 Å². The number of aliphatic imine (C=N–C) groups is 2. The van der Waals surface area contributed by atoms with Crippen LogP contribution in [0.1, 0.15) is 36.4 Å². The summed E-state index contributed by atoms with van der Waals surface area (Å²) < 4.78 is 13.2. The third-order valence-corrected chi connectivity index (χ3v) is 5.75. The molecule has 1 amide bonds. The van der Waals surface area contributed by atoms with Crippen LogP contribution in [0, 0.1) is 5.82 Å². The highest BCUT2D eigenvalue weighted by Crippen LogP contribution is 2.34. The summed E-state index contributed by atoms with van der Waals surface area (Å²) in [6, 6.07) is 21.6. The molecule has 1 atom stereocenters. The van der Waals surface area contributed by atoms with Gasteiger partial charge in [0.15, 0.2) is 0 Å². The molecule has 0 N–H and O–H groups in total. The Balaban J connectivity index is 1.58. The van der Waals surface area contributed by atoms with Gasteiger partial charge in [-0.05, 0) is 46.5 Å². The number of nitrogens with zero attached hydrogens (tertiary/aromatic N) is 4. The summed E-state index contributed by atoms with van der Waals surface area (Å²) in [5, 5.41) is 6.15. The molecular weight excluding hydrogens is 443 g/mol. The largest absolute Gasteiger partial charge is 0.303 e. The van der Waals surface area contributed by atoms with E-state index in [9.17, 15) is 14.0 Å². The number of carbonyl (C=O) groups excluding carboxylic acids is 2. The minimum atomic E-state index is -0.272. The van der Waals surface area contributed by atoms with Crippen molar-refractivity contribution in [3.63, 3.8) is 0 Å². The average molecular weight is 469 g/mol. The van der Waals surface area contributed by atoms with Gasteiger partial charge in [0, 0.05) is 38.7 Å². The van der Waals surface area contributed by atoms with Gasteiger partial charge < -0.3 is 4.79 Å². The highest BCUT2D eigenvalue weighted by molar-refractivity contribution is 6.16. The number of halogens is 1. The number of aldehydes is 1. The van der Waals surface area contributed by atoms with Crippen LogP contribution in [0.3, 0.4) is 0 Å². The Morgan fingerprint density at radius 1 is 0.971 bits per heavy atom. The van der Waals surface area contributed by atoms with Crippen LogP contribution in [0.15, 0.2) is 87.9 Å². The molecule has 0 fully saturated rings. The van der Waals surface area contributed by atoms with E-state index in [4.69, 9.17) is 0 Å². The first-order valence-corrected chi connectivity index (χ1v) is 11.3. The predicted octanol–water partition coefficient (Wildman–Crippen LogP) is 5.55. The Hall–Kier alpha value is -4.26. The number of rotatable bonds is 8. The van der Waals surface area contributed by atoms with Gasteiger partial charge in [0.05, 0.1) is 17.4 Å². The van der Waals surface area contributed by atoms with E-state index < -0.39 is 0 Å². The van der Waals surface area contributed by atoms with Crippen LogP contribution < -0.4 is 0 Å². The molecule has 0 aliphatic carbocycles. The summed E-state index contributed by atoms with van der Waals surface area (Å²) in [5.74, 6) is -0.466. The number of hydrogen-bond acceptors (Lipinski definition) is 5. The molecule has 4 rings (SSSR count). The zero-order valence-corrected chi connectivity index (χ0v) is 19.3. The standard InChI is InChI=1S/C28H25FN4O2/c1-30-16-17-31-25-14-10-23(11-15-25)27-19-26(32-33(27)28(35)3-2-18-34)22-6-4-20(5-7-22)21-8-12-24(29)13-9-21/h4-18,27H,2-3,19H2,1H3. The molecule has 3 aromatic carbocycles. The number of hydrogen-bond donors (Lipinski definition) is 0. The van der Waals surface area contributed by atoms with Crippen molar-refractivity contribution >= 4 is 36.0 Å². The lowest BCUT2D eigenvalue weighted by molar-refractivity contribution is -0.133. The Labute approximate surface area is 203 Å². The summed E-state index contributed by atoms with van der Waals surface area (Å²) in [7, 11) is 1.68. The zero-order chi connectivity index (χ0) is 24.6. The van der Waals surface area contributed by atoms with Gasteiger partial charge in [-0.1, -0.05) is 48.5 Å². The van der Waals surface area contributed by atoms with Gasteiger partial charge in [0.1, 0.15) is 12.1 Å². The van der Waals surface area contributed by atoms with E-state index in [-0.39, 0.29) is 30.6 Å². The molecule has 0 spiro atoms. The van der Waals surface area contributed by atoms with Gasteiger partial charge in [-0.15, -0.1) is 0 Å². The smallest absolute Gasteiger partial charge is 0.243 e. The fourth-order valence-electron chi connectivity index (χ4n) is 3.94. The van der Waals surface area contributed by atoms with Crippen molar-refractivity contribution in [1.82, 2.24) is 5.01 Å². The minimum Gasteiger partial charge on any atom is -0.303 e. The fourth-order valence-corrected chi connectivity index (χ4v) is 3.94. The van der Waals surface area contributed by atoms with Crippen LogP contribution >= 0.6 is 0 Å². The van der Waals surface area contributed by atoms with Gasteiger partial charge >= 0.3 is 0 Å². The molecule has 1 heterocycles. The zero-order valence-electron chi connectivity index (χ0n) is 19.3. The summed E-state index contributed by atoms with van der Waals surface area (Å²) in [4.78, 5) is 31.9. The molecule has 6 nitrogen and oxygen atoms in total. The van der Waals surface area contributed by atoms with Crippen LogP contribution in [0.4, 0.5) is 10.1 Å². The third kappa shape index (κ3) is 5.81. The lowest BCUT2D eigenvalue weighted by Crippen LogP contribution is -2.26. The summed E-state index contributed by atoms with van der Waals surface area (Å²) in [5.41, 5.74) is 5.31. The quantitative estimate of drug-likeness (QED) is 0.321. The van der Waals surface area contributed by atoms with Crippen molar-refractivity contribution in [2.45, 2.75) is 25.3 Å². The van der Waals surface area contributed by atoms with Crippen molar-refractivity contribution in [1.29, 1.82) is 0 Å². The second-order valence-electron chi connectivity index (χ2n) is 8.07. The molecule has 7 heteroatoms. The lowest BCUT2D eigenvalue weighted by Gasteiger charge is -2.22.